The van der Waals surface area contributed by atoms with Crippen molar-refractivity contribution in [2.45, 2.75) is 43.7 Å². The Bertz CT molecular complexity index is 564. The second-order valence-electron chi connectivity index (χ2n) is 6.06. The highest BCUT2D eigenvalue weighted by Crippen LogP contribution is 2.24. The molecule has 5 heteroatoms. The van der Waals surface area contributed by atoms with E-state index in [0.717, 1.165) is 18.5 Å². The van der Waals surface area contributed by atoms with Crippen LogP contribution >= 0.6 is 0 Å². The maximum absolute atomic E-state index is 12.5. The van der Waals surface area contributed by atoms with E-state index in [1.807, 2.05) is 12.1 Å². The average Bonchev–Trinajstić information content (AvgIpc) is 3.17. The molecule has 3 rings (SSSR count). The van der Waals surface area contributed by atoms with E-state index >= 15 is 0 Å². The Morgan fingerprint density at radius 2 is 1.90 bits per heavy atom. The summed E-state index contributed by atoms with van der Waals surface area (Å²) < 4.78 is 26.6. The molecule has 20 heavy (non-hydrogen) atoms. The van der Waals surface area contributed by atoms with E-state index < -0.39 is 10.0 Å². The van der Waals surface area contributed by atoms with E-state index in [-0.39, 0.29) is 0 Å². The maximum atomic E-state index is 12.5. The van der Waals surface area contributed by atoms with Gasteiger partial charge in [-0.2, -0.15) is 4.31 Å². The number of sulfonamides is 1. The van der Waals surface area contributed by atoms with E-state index in [1.54, 1.807) is 16.4 Å². The Morgan fingerprint density at radius 3 is 2.45 bits per heavy atom. The summed E-state index contributed by atoms with van der Waals surface area (Å²) in [5, 5.41) is 3.43. The van der Waals surface area contributed by atoms with Gasteiger partial charge in [0.15, 0.2) is 0 Å². The number of nitrogens with zero attached hydrogens (tertiary/aromatic N) is 1. The maximum Gasteiger partial charge on any atom is 0.243 e. The molecule has 1 N–H and O–H groups in total. The SMILES string of the molecule is CC1CCN(S(=O)(=O)c2ccc(CNC3CC3)cc2)C1. The molecule has 1 saturated carbocycles. The first-order valence-electron chi connectivity index (χ1n) is 7.38. The molecule has 0 radical (unpaired) electrons. The molecule has 2 fully saturated rings. The zero-order valence-corrected chi connectivity index (χ0v) is 12.7. The molecular formula is C15H22N2O2S. The predicted octanol–water partition coefficient (Wildman–Crippen LogP) is 1.97. The van der Waals surface area contributed by atoms with E-state index in [4.69, 9.17) is 0 Å². The van der Waals surface area contributed by atoms with Crippen LogP contribution in [0.4, 0.5) is 0 Å². The van der Waals surface area contributed by atoms with Gasteiger partial charge < -0.3 is 5.32 Å². The van der Waals surface area contributed by atoms with Crippen LogP contribution < -0.4 is 5.32 Å². The second kappa shape index (κ2) is 5.47. The van der Waals surface area contributed by atoms with Crippen molar-refractivity contribution < 1.29 is 8.42 Å². The van der Waals surface area contributed by atoms with Crippen LogP contribution in [0.3, 0.4) is 0 Å². The third kappa shape index (κ3) is 3.05. The van der Waals surface area contributed by atoms with E-state index in [9.17, 15) is 8.42 Å². The van der Waals surface area contributed by atoms with Crippen LogP contribution in [-0.2, 0) is 16.6 Å². The lowest BCUT2D eigenvalue weighted by Gasteiger charge is -2.16. The lowest BCUT2D eigenvalue weighted by atomic mass is 10.2. The predicted molar refractivity (Wildman–Crippen MR) is 78.8 cm³/mol. The van der Waals surface area contributed by atoms with Crippen molar-refractivity contribution in [2.75, 3.05) is 13.1 Å². The molecule has 1 atom stereocenters. The topological polar surface area (TPSA) is 49.4 Å². The van der Waals surface area contributed by atoms with E-state index in [0.29, 0.717) is 29.9 Å². The smallest absolute Gasteiger partial charge is 0.243 e. The fourth-order valence-corrected chi connectivity index (χ4v) is 4.17. The van der Waals surface area contributed by atoms with Crippen LogP contribution in [0.15, 0.2) is 29.2 Å². The third-order valence-electron chi connectivity index (χ3n) is 4.12. The first kappa shape index (κ1) is 14.0. The Hall–Kier alpha value is -0.910. The minimum atomic E-state index is -3.29. The van der Waals surface area contributed by atoms with Gasteiger partial charge in [-0.3, -0.25) is 0 Å². The molecule has 2 aliphatic rings. The monoisotopic (exact) mass is 294 g/mol. The van der Waals surface area contributed by atoms with Crippen molar-refractivity contribution in [3.05, 3.63) is 29.8 Å². The number of nitrogens with one attached hydrogen (secondary N) is 1. The van der Waals surface area contributed by atoms with Crippen molar-refractivity contribution in [1.29, 1.82) is 0 Å². The summed E-state index contributed by atoms with van der Waals surface area (Å²) in [6.07, 6.45) is 3.49. The van der Waals surface area contributed by atoms with Gasteiger partial charge in [-0.15, -0.1) is 0 Å². The fourth-order valence-electron chi connectivity index (χ4n) is 2.59. The van der Waals surface area contributed by atoms with Gasteiger partial charge in [0.1, 0.15) is 0 Å². The number of rotatable bonds is 5. The third-order valence-corrected chi connectivity index (χ3v) is 6.00. The van der Waals surface area contributed by atoms with Gasteiger partial charge in [0.25, 0.3) is 0 Å². The van der Waals surface area contributed by atoms with Crippen molar-refractivity contribution in [3.63, 3.8) is 0 Å². The van der Waals surface area contributed by atoms with Gasteiger partial charge in [-0.1, -0.05) is 19.1 Å². The molecular weight excluding hydrogens is 272 g/mol. The molecule has 4 nitrogen and oxygen atoms in total. The van der Waals surface area contributed by atoms with E-state index in [2.05, 4.69) is 12.2 Å². The number of benzene rings is 1. The average molecular weight is 294 g/mol. The molecule has 0 bridgehead atoms. The van der Waals surface area contributed by atoms with Gasteiger partial charge in [-0.05, 0) is 42.9 Å². The van der Waals surface area contributed by atoms with Crippen molar-refractivity contribution in [1.82, 2.24) is 9.62 Å². The van der Waals surface area contributed by atoms with Crippen LogP contribution in [0.25, 0.3) is 0 Å². The molecule has 1 heterocycles. The van der Waals surface area contributed by atoms with Gasteiger partial charge in [0, 0.05) is 25.7 Å². The van der Waals surface area contributed by atoms with Gasteiger partial charge in [0.05, 0.1) is 4.90 Å². The van der Waals surface area contributed by atoms with Crippen molar-refractivity contribution in [2.24, 2.45) is 5.92 Å². The molecule has 1 unspecified atom stereocenters. The Balaban J connectivity index is 1.69. The number of hydrogen-bond donors (Lipinski definition) is 1. The van der Waals surface area contributed by atoms with Gasteiger partial charge >= 0.3 is 0 Å². The van der Waals surface area contributed by atoms with Crippen LogP contribution in [0.5, 0.6) is 0 Å². The van der Waals surface area contributed by atoms with E-state index in [1.165, 1.54) is 12.8 Å². The van der Waals surface area contributed by atoms with Crippen LogP contribution in [0.2, 0.25) is 0 Å². The van der Waals surface area contributed by atoms with Crippen LogP contribution in [0.1, 0.15) is 31.7 Å². The normalized spacial score (nSPS) is 24.1. The summed E-state index contributed by atoms with van der Waals surface area (Å²) in [6.45, 7) is 4.22. The van der Waals surface area contributed by atoms with Crippen LogP contribution in [-0.4, -0.2) is 31.9 Å². The zero-order chi connectivity index (χ0) is 14.2. The summed E-state index contributed by atoms with van der Waals surface area (Å²) in [4.78, 5) is 0.418. The molecule has 1 aliphatic heterocycles. The van der Waals surface area contributed by atoms with Gasteiger partial charge in [0.2, 0.25) is 10.0 Å². The van der Waals surface area contributed by atoms with Crippen molar-refractivity contribution >= 4 is 10.0 Å². The minimum absolute atomic E-state index is 0.418. The lowest BCUT2D eigenvalue weighted by molar-refractivity contribution is 0.464. The summed E-state index contributed by atoms with van der Waals surface area (Å²) >= 11 is 0. The zero-order valence-electron chi connectivity index (χ0n) is 11.9. The van der Waals surface area contributed by atoms with Gasteiger partial charge in [-0.25, -0.2) is 8.42 Å². The molecule has 110 valence electrons. The summed E-state index contributed by atoms with van der Waals surface area (Å²) in [5.41, 5.74) is 1.14. The first-order chi connectivity index (χ1) is 9.55. The molecule has 1 aromatic carbocycles. The molecule has 0 aromatic heterocycles. The minimum Gasteiger partial charge on any atom is -0.310 e. The highest BCUT2D eigenvalue weighted by atomic mass is 32.2. The quantitative estimate of drug-likeness (QED) is 0.903. The molecule has 0 spiro atoms. The summed E-state index contributed by atoms with van der Waals surface area (Å²) in [7, 11) is -3.29. The summed E-state index contributed by atoms with van der Waals surface area (Å²) in [5.74, 6) is 0.465. The Kier molecular flexibility index (Phi) is 3.84. The molecule has 1 aliphatic carbocycles. The highest BCUT2D eigenvalue weighted by Gasteiger charge is 2.30. The fraction of sp³-hybridized carbons (Fsp3) is 0.600. The first-order valence-corrected chi connectivity index (χ1v) is 8.82. The lowest BCUT2D eigenvalue weighted by Crippen LogP contribution is -2.28. The largest absolute Gasteiger partial charge is 0.310 e. The standard InChI is InChI=1S/C15H22N2O2S/c1-12-8-9-17(11-12)20(18,19)15-6-2-13(3-7-15)10-16-14-4-5-14/h2-3,6-7,12,14,16H,4-5,8-11H2,1H3. The second-order valence-corrected chi connectivity index (χ2v) is 7.99. The summed E-state index contributed by atoms with van der Waals surface area (Å²) in [6, 6.07) is 7.98. The van der Waals surface area contributed by atoms with Crippen LogP contribution in [0, 0.1) is 5.92 Å². The highest BCUT2D eigenvalue weighted by molar-refractivity contribution is 7.89. The number of hydrogen-bond acceptors (Lipinski definition) is 3. The van der Waals surface area contributed by atoms with Crippen molar-refractivity contribution in [3.8, 4) is 0 Å². The Morgan fingerprint density at radius 1 is 1.20 bits per heavy atom. The molecule has 0 amide bonds. The molecule has 1 aromatic rings. The Labute approximate surface area is 121 Å². The molecule has 1 saturated heterocycles.